The Morgan fingerprint density at radius 3 is 2.24 bits per heavy atom. The van der Waals surface area contributed by atoms with E-state index in [-0.39, 0.29) is 0 Å². The van der Waals surface area contributed by atoms with Crippen molar-refractivity contribution in [2.75, 3.05) is 18.4 Å². The minimum absolute atomic E-state index is 0.381. The zero-order valence-corrected chi connectivity index (χ0v) is 13.8. The summed E-state index contributed by atoms with van der Waals surface area (Å²) in [6.07, 6.45) is 0. The van der Waals surface area contributed by atoms with Crippen LogP contribution in [0, 0.1) is 0 Å². The molecule has 2 aromatic rings. The van der Waals surface area contributed by atoms with Gasteiger partial charge in [0.25, 0.3) is 0 Å². The molecular weight excluding hydrogens is 327 g/mol. The summed E-state index contributed by atoms with van der Waals surface area (Å²) < 4.78 is 5.85. The van der Waals surface area contributed by atoms with Crippen LogP contribution in [0.15, 0.2) is 54.6 Å². The maximum Gasteiger partial charge on any atom is 0.0717 e. The molecule has 0 radical (unpaired) electrons. The van der Waals surface area contributed by atoms with Crippen LogP contribution in [0.25, 0.3) is 0 Å². The van der Waals surface area contributed by atoms with E-state index in [0.717, 1.165) is 11.1 Å². The summed E-state index contributed by atoms with van der Waals surface area (Å²) in [7, 11) is 0. The van der Waals surface area contributed by atoms with Crippen molar-refractivity contribution in [2.24, 2.45) is 0 Å². The highest BCUT2D eigenvalue weighted by Crippen LogP contribution is 2.30. The van der Waals surface area contributed by atoms with Gasteiger partial charge in [0.15, 0.2) is 0 Å². The molecular formula is C17H17Cl3O. The van der Waals surface area contributed by atoms with Gasteiger partial charge in [-0.05, 0) is 23.3 Å². The average Bonchev–Trinajstić information content (AvgIpc) is 2.53. The highest BCUT2D eigenvalue weighted by molar-refractivity contribution is 6.30. The molecule has 0 spiro atoms. The number of ether oxygens (including phenoxy) is 1. The molecule has 21 heavy (non-hydrogen) atoms. The van der Waals surface area contributed by atoms with Gasteiger partial charge in [0.1, 0.15) is 0 Å². The zero-order valence-electron chi connectivity index (χ0n) is 11.6. The zero-order chi connectivity index (χ0) is 15.1. The lowest BCUT2D eigenvalue weighted by atomic mass is 9.85. The van der Waals surface area contributed by atoms with Crippen LogP contribution in [-0.4, -0.2) is 18.4 Å². The van der Waals surface area contributed by atoms with Crippen LogP contribution < -0.4 is 0 Å². The van der Waals surface area contributed by atoms with Gasteiger partial charge in [-0.25, -0.2) is 0 Å². The fraction of sp³-hybridized carbons (Fsp3) is 0.294. The van der Waals surface area contributed by atoms with Crippen molar-refractivity contribution in [3.8, 4) is 0 Å². The van der Waals surface area contributed by atoms with E-state index in [2.05, 4.69) is 0 Å². The second kappa shape index (κ2) is 8.05. The van der Waals surface area contributed by atoms with Gasteiger partial charge < -0.3 is 4.74 Å². The van der Waals surface area contributed by atoms with Gasteiger partial charge in [-0.3, -0.25) is 0 Å². The Balaban J connectivity index is 2.08. The Morgan fingerprint density at radius 2 is 1.62 bits per heavy atom. The molecule has 0 atom stereocenters. The predicted molar refractivity (Wildman–Crippen MR) is 90.7 cm³/mol. The highest BCUT2D eigenvalue weighted by Gasteiger charge is 2.31. The molecule has 0 aliphatic heterocycles. The molecule has 0 aliphatic carbocycles. The molecule has 0 saturated heterocycles. The number of rotatable bonds is 7. The normalized spacial score (nSPS) is 11.6. The minimum atomic E-state index is -0.428. The molecule has 0 fully saturated rings. The van der Waals surface area contributed by atoms with E-state index in [1.807, 2.05) is 54.6 Å². The molecule has 1 nitrogen and oxygen atoms in total. The van der Waals surface area contributed by atoms with E-state index < -0.39 is 5.41 Å². The molecule has 2 rings (SSSR count). The SMILES string of the molecule is ClCC(CCl)(COCc1ccccc1)c1cccc(Cl)c1. The topological polar surface area (TPSA) is 9.23 Å². The van der Waals surface area contributed by atoms with E-state index in [0.29, 0.717) is 30.0 Å². The van der Waals surface area contributed by atoms with Crippen molar-refractivity contribution in [1.82, 2.24) is 0 Å². The fourth-order valence-electron chi connectivity index (χ4n) is 2.11. The maximum atomic E-state index is 6.19. The standard InChI is InChI=1S/C17H17Cl3O/c18-11-17(12-19,15-7-4-8-16(20)9-15)13-21-10-14-5-2-1-3-6-14/h1-9H,10-13H2. The summed E-state index contributed by atoms with van der Waals surface area (Å²) in [4.78, 5) is 0. The molecule has 0 amide bonds. The van der Waals surface area contributed by atoms with E-state index in [1.54, 1.807) is 0 Å². The minimum Gasteiger partial charge on any atom is -0.376 e. The highest BCUT2D eigenvalue weighted by atomic mass is 35.5. The van der Waals surface area contributed by atoms with Crippen molar-refractivity contribution in [3.05, 3.63) is 70.7 Å². The van der Waals surface area contributed by atoms with Crippen LogP contribution in [-0.2, 0) is 16.8 Å². The summed E-state index contributed by atoms with van der Waals surface area (Å²) in [6, 6.07) is 17.7. The van der Waals surface area contributed by atoms with Crippen molar-refractivity contribution in [1.29, 1.82) is 0 Å². The van der Waals surface area contributed by atoms with Gasteiger partial charge in [-0.2, -0.15) is 0 Å². The Kier molecular flexibility index (Phi) is 6.38. The fourth-order valence-corrected chi connectivity index (χ4v) is 3.05. The second-order valence-corrected chi connectivity index (χ2v) is 6.01. The second-order valence-electron chi connectivity index (χ2n) is 5.04. The number of benzene rings is 2. The summed E-state index contributed by atoms with van der Waals surface area (Å²) >= 11 is 18.4. The average molecular weight is 344 g/mol. The van der Waals surface area contributed by atoms with E-state index >= 15 is 0 Å². The first-order chi connectivity index (χ1) is 10.2. The van der Waals surface area contributed by atoms with Crippen LogP contribution >= 0.6 is 34.8 Å². The number of halogens is 3. The first kappa shape index (κ1) is 16.6. The smallest absolute Gasteiger partial charge is 0.0717 e. The third-order valence-corrected chi connectivity index (χ3v) is 4.70. The summed E-state index contributed by atoms with van der Waals surface area (Å²) in [5.41, 5.74) is 1.71. The summed E-state index contributed by atoms with van der Waals surface area (Å²) in [6.45, 7) is 0.992. The monoisotopic (exact) mass is 342 g/mol. The van der Waals surface area contributed by atoms with E-state index in [9.17, 15) is 0 Å². The summed E-state index contributed by atoms with van der Waals surface area (Å²) in [5, 5.41) is 0.676. The Bertz CT molecular complexity index is 553. The van der Waals surface area contributed by atoms with Gasteiger partial charge in [0.2, 0.25) is 0 Å². The lowest BCUT2D eigenvalue weighted by molar-refractivity contribution is 0.0847. The maximum absolute atomic E-state index is 6.19. The number of hydrogen-bond donors (Lipinski definition) is 0. The molecule has 4 heteroatoms. The van der Waals surface area contributed by atoms with Crippen LogP contribution in [0.5, 0.6) is 0 Å². The molecule has 0 bridgehead atoms. The summed E-state index contributed by atoms with van der Waals surface area (Å²) in [5.74, 6) is 0.761. The lowest BCUT2D eigenvalue weighted by Crippen LogP contribution is -2.36. The Morgan fingerprint density at radius 1 is 0.905 bits per heavy atom. The van der Waals surface area contributed by atoms with Gasteiger partial charge in [0, 0.05) is 22.2 Å². The van der Waals surface area contributed by atoms with Crippen LogP contribution in [0.4, 0.5) is 0 Å². The molecule has 0 aromatic heterocycles. The third-order valence-electron chi connectivity index (χ3n) is 3.44. The molecule has 0 aliphatic rings. The van der Waals surface area contributed by atoms with Crippen LogP contribution in [0.2, 0.25) is 5.02 Å². The van der Waals surface area contributed by atoms with E-state index in [4.69, 9.17) is 39.5 Å². The van der Waals surface area contributed by atoms with Gasteiger partial charge in [0.05, 0.1) is 13.2 Å². The molecule has 2 aromatic carbocycles. The molecule has 0 heterocycles. The third kappa shape index (κ3) is 4.37. The Hall–Kier alpha value is -0.730. The lowest BCUT2D eigenvalue weighted by Gasteiger charge is -2.30. The predicted octanol–water partition coefficient (Wildman–Crippen LogP) is 5.27. The molecule has 0 N–H and O–H groups in total. The van der Waals surface area contributed by atoms with E-state index in [1.165, 1.54) is 0 Å². The van der Waals surface area contributed by atoms with Gasteiger partial charge in [-0.1, -0.05) is 54.1 Å². The van der Waals surface area contributed by atoms with Crippen LogP contribution in [0.1, 0.15) is 11.1 Å². The number of alkyl halides is 2. The first-order valence-corrected chi connectivity index (χ1v) is 8.14. The van der Waals surface area contributed by atoms with Crippen molar-refractivity contribution >= 4 is 34.8 Å². The van der Waals surface area contributed by atoms with Crippen LogP contribution in [0.3, 0.4) is 0 Å². The van der Waals surface area contributed by atoms with Crippen molar-refractivity contribution in [2.45, 2.75) is 12.0 Å². The van der Waals surface area contributed by atoms with Gasteiger partial charge >= 0.3 is 0 Å². The molecule has 0 unspecified atom stereocenters. The van der Waals surface area contributed by atoms with Gasteiger partial charge in [-0.15, -0.1) is 23.2 Å². The molecule has 112 valence electrons. The molecule has 0 saturated carbocycles. The first-order valence-electron chi connectivity index (χ1n) is 6.70. The number of hydrogen-bond acceptors (Lipinski definition) is 1. The largest absolute Gasteiger partial charge is 0.376 e. The van der Waals surface area contributed by atoms with Crippen molar-refractivity contribution in [3.63, 3.8) is 0 Å². The quantitative estimate of drug-likeness (QED) is 0.622. The van der Waals surface area contributed by atoms with Crippen molar-refractivity contribution < 1.29 is 4.74 Å². The Labute approximate surface area is 140 Å².